The van der Waals surface area contributed by atoms with Crippen LogP contribution in [0.5, 0.6) is 0 Å². The summed E-state index contributed by atoms with van der Waals surface area (Å²) in [6, 6.07) is 16.5. The Labute approximate surface area is 160 Å². The number of para-hydroxylation sites is 2. The van der Waals surface area contributed by atoms with Gasteiger partial charge in [0.2, 0.25) is 0 Å². The molecule has 3 rings (SSSR count). The molecule has 0 saturated carbocycles. The molecule has 0 bridgehead atoms. The molecule has 2 aromatic carbocycles. The first-order valence-electron chi connectivity index (χ1n) is 8.45. The van der Waals surface area contributed by atoms with E-state index in [1.807, 2.05) is 30.3 Å². The van der Waals surface area contributed by atoms with Gasteiger partial charge < -0.3 is 10.1 Å². The highest BCUT2D eigenvalue weighted by Crippen LogP contribution is 2.22. The SMILES string of the molecule is N#Cc1ccccc1NC(=O)COC(=O)CCCc1nc2ccccc2s1. The van der Waals surface area contributed by atoms with Crippen LogP contribution in [0, 0.1) is 11.3 Å². The van der Waals surface area contributed by atoms with Crippen LogP contribution in [-0.4, -0.2) is 23.5 Å². The summed E-state index contributed by atoms with van der Waals surface area (Å²) < 4.78 is 6.12. The van der Waals surface area contributed by atoms with Gasteiger partial charge in [-0.1, -0.05) is 24.3 Å². The molecule has 0 spiro atoms. The van der Waals surface area contributed by atoms with E-state index in [-0.39, 0.29) is 13.0 Å². The van der Waals surface area contributed by atoms with Gasteiger partial charge in [-0.2, -0.15) is 5.26 Å². The van der Waals surface area contributed by atoms with Crippen molar-refractivity contribution >= 4 is 39.1 Å². The van der Waals surface area contributed by atoms with Crippen molar-refractivity contribution < 1.29 is 14.3 Å². The average molecular weight is 379 g/mol. The summed E-state index contributed by atoms with van der Waals surface area (Å²) in [7, 11) is 0. The molecule has 0 fully saturated rings. The Bertz CT molecular complexity index is 974. The molecule has 0 unspecified atom stereocenters. The number of anilines is 1. The van der Waals surface area contributed by atoms with Crippen LogP contribution in [0.15, 0.2) is 48.5 Å². The Morgan fingerprint density at radius 2 is 1.93 bits per heavy atom. The minimum atomic E-state index is -0.475. The number of aryl methyl sites for hydroxylation is 1. The van der Waals surface area contributed by atoms with Crippen molar-refractivity contribution in [1.82, 2.24) is 4.98 Å². The van der Waals surface area contributed by atoms with E-state index in [9.17, 15) is 9.59 Å². The number of fused-ring (bicyclic) bond motifs is 1. The number of hydrogen-bond donors (Lipinski definition) is 1. The summed E-state index contributed by atoms with van der Waals surface area (Å²) in [6.07, 6.45) is 1.52. The van der Waals surface area contributed by atoms with Crippen molar-refractivity contribution in [2.75, 3.05) is 11.9 Å². The lowest BCUT2D eigenvalue weighted by atomic mass is 10.2. The predicted octanol–water partition coefficient (Wildman–Crippen LogP) is 3.67. The molecule has 0 aliphatic heterocycles. The molecule has 1 amide bonds. The fourth-order valence-corrected chi connectivity index (χ4v) is 3.51. The summed E-state index contributed by atoms with van der Waals surface area (Å²) in [4.78, 5) is 28.2. The molecule has 6 nitrogen and oxygen atoms in total. The van der Waals surface area contributed by atoms with Crippen LogP contribution in [0.3, 0.4) is 0 Å². The van der Waals surface area contributed by atoms with Crippen molar-refractivity contribution in [2.45, 2.75) is 19.3 Å². The topological polar surface area (TPSA) is 92.1 Å². The van der Waals surface area contributed by atoms with Gasteiger partial charge in [0.25, 0.3) is 5.91 Å². The van der Waals surface area contributed by atoms with Crippen LogP contribution < -0.4 is 5.32 Å². The number of nitriles is 1. The van der Waals surface area contributed by atoms with Crippen molar-refractivity contribution in [3.8, 4) is 6.07 Å². The van der Waals surface area contributed by atoms with Crippen LogP contribution in [0.2, 0.25) is 0 Å². The predicted molar refractivity (Wildman–Crippen MR) is 103 cm³/mol. The molecular formula is C20H17N3O3S. The number of ether oxygens (including phenoxy) is 1. The molecule has 0 saturated heterocycles. The van der Waals surface area contributed by atoms with Gasteiger partial charge in [-0.15, -0.1) is 11.3 Å². The number of benzene rings is 2. The first-order valence-corrected chi connectivity index (χ1v) is 9.26. The zero-order valence-electron chi connectivity index (χ0n) is 14.5. The molecular weight excluding hydrogens is 362 g/mol. The molecule has 1 aromatic heterocycles. The first kappa shape index (κ1) is 18.5. The number of nitrogens with zero attached hydrogens (tertiary/aromatic N) is 2. The van der Waals surface area contributed by atoms with E-state index in [1.54, 1.807) is 35.6 Å². The Morgan fingerprint density at radius 1 is 1.15 bits per heavy atom. The Balaban J connectivity index is 1.40. The molecule has 0 aliphatic rings. The smallest absolute Gasteiger partial charge is 0.306 e. The maximum Gasteiger partial charge on any atom is 0.306 e. The van der Waals surface area contributed by atoms with E-state index in [4.69, 9.17) is 10.00 Å². The second-order valence-electron chi connectivity index (χ2n) is 5.80. The maximum atomic E-state index is 11.9. The summed E-state index contributed by atoms with van der Waals surface area (Å²) in [6.45, 7) is -0.375. The van der Waals surface area contributed by atoms with Crippen LogP contribution >= 0.6 is 11.3 Å². The van der Waals surface area contributed by atoms with Crippen molar-refractivity contribution in [3.63, 3.8) is 0 Å². The van der Waals surface area contributed by atoms with E-state index in [1.165, 1.54) is 0 Å². The van der Waals surface area contributed by atoms with Gasteiger partial charge in [0.1, 0.15) is 6.07 Å². The third-order valence-electron chi connectivity index (χ3n) is 3.80. The molecule has 27 heavy (non-hydrogen) atoms. The third kappa shape index (κ3) is 5.12. The fraction of sp³-hybridized carbons (Fsp3) is 0.200. The number of thiazole rings is 1. The van der Waals surface area contributed by atoms with Crippen LogP contribution in [-0.2, 0) is 20.7 Å². The van der Waals surface area contributed by atoms with Crippen molar-refractivity contribution in [3.05, 3.63) is 59.1 Å². The third-order valence-corrected chi connectivity index (χ3v) is 4.89. The summed E-state index contributed by atoms with van der Waals surface area (Å²) >= 11 is 1.62. The Morgan fingerprint density at radius 3 is 2.74 bits per heavy atom. The molecule has 0 radical (unpaired) electrons. The van der Waals surface area contributed by atoms with Gasteiger partial charge in [0.05, 0.1) is 26.5 Å². The van der Waals surface area contributed by atoms with Gasteiger partial charge in [-0.3, -0.25) is 9.59 Å². The van der Waals surface area contributed by atoms with Crippen molar-refractivity contribution in [2.24, 2.45) is 0 Å². The lowest BCUT2D eigenvalue weighted by Crippen LogP contribution is -2.21. The number of aromatic nitrogens is 1. The second kappa shape index (κ2) is 8.92. The van der Waals surface area contributed by atoms with Gasteiger partial charge in [-0.25, -0.2) is 4.98 Å². The van der Waals surface area contributed by atoms with Crippen LogP contribution in [0.25, 0.3) is 10.2 Å². The zero-order valence-corrected chi connectivity index (χ0v) is 15.3. The highest BCUT2D eigenvalue weighted by molar-refractivity contribution is 7.18. The number of rotatable bonds is 7. The van der Waals surface area contributed by atoms with Crippen LogP contribution in [0.4, 0.5) is 5.69 Å². The normalized spacial score (nSPS) is 10.3. The van der Waals surface area contributed by atoms with E-state index < -0.39 is 11.9 Å². The zero-order chi connectivity index (χ0) is 19.1. The molecule has 1 heterocycles. The molecule has 7 heteroatoms. The Kier molecular flexibility index (Phi) is 6.13. The number of hydrogen-bond acceptors (Lipinski definition) is 6. The molecule has 0 aliphatic carbocycles. The summed E-state index contributed by atoms with van der Waals surface area (Å²) in [5.41, 5.74) is 1.72. The maximum absolute atomic E-state index is 11.9. The number of carbonyl (C=O) groups is 2. The van der Waals surface area contributed by atoms with Gasteiger partial charge in [0.15, 0.2) is 6.61 Å². The minimum absolute atomic E-state index is 0.220. The van der Waals surface area contributed by atoms with Gasteiger partial charge in [0, 0.05) is 6.42 Å². The minimum Gasteiger partial charge on any atom is -0.456 e. The van der Waals surface area contributed by atoms with Crippen molar-refractivity contribution in [1.29, 1.82) is 5.26 Å². The molecule has 1 N–H and O–H groups in total. The Hall–Kier alpha value is -3.24. The molecule has 136 valence electrons. The largest absolute Gasteiger partial charge is 0.456 e. The van der Waals surface area contributed by atoms with Crippen LogP contribution in [0.1, 0.15) is 23.4 Å². The van der Waals surface area contributed by atoms with E-state index >= 15 is 0 Å². The van der Waals surface area contributed by atoms with E-state index in [0.717, 1.165) is 15.2 Å². The lowest BCUT2D eigenvalue weighted by molar-refractivity contribution is -0.147. The summed E-state index contributed by atoms with van der Waals surface area (Å²) in [5, 5.41) is 12.5. The second-order valence-corrected chi connectivity index (χ2v) is 6.91. The monoisotopic (exact) mass is 379 g/mol. The number of esters is 1. The molecule has 3 aromatic rings. The quantitative estimate of drug-likeness (QED) is 0.632. The molecule has 0 atom stereocenters. The number of amides is 1. The highest BCUT2D eigenvalue weighted by atomic mass is 32.1. The number of nitrogens with one attached hydrogen (secondary N) is 1. The number of carbonyl (C=O) groups excluding carboxylic acids is 2. The van der Waals surface area contributed by atoms with Gasteiger partial charge >= 0.3 is 5.97 Å². The first-order chi connectivity index (χ1) is 13.2. The lowest BCUT2D eigenvalue weighted by Gasteiger charge is -2.07. The van der Waals surface area contributed by atoms with Gasteiger partial charge in [-0.05, 0) is 37.1 Å². The van der Waals surface area contributed by atoms with E-state index in [2.05, 4.69) is 10.3 Å². The van der Waals surface area contributed by atoms with E-state index in [0.29, 0.717) is 24.1 Å². The highest BCUT2D eigenvalue weighted by Gasteiger charge is 2.10. The summed E-state index contributed by atoms with van der Waals surface area (Å²) in [5.74, 6) is -0.906. The fourth-order valence-electron chi connectivity index (χ4n) is 2.50. The average Bonchev–Trinajstić information content (AvgIpc) is 3.09. The standard InChI is InChI=1S/C20H17N3O3S/c21-12-14-6-1-2-7-15(14)22-18(24)13-26-20(25)11-5-10-19-23-16-8-3-4-9-17(16)27-19/h1-4,6-9H,5,10-11,13H2,(H,22,24).